The molecular weight excluding hydrogens is 238 g/mol. The number of hydrogen-bond acceptors (Lipinski definition) is 4. The fraction of sp³-hybridized carbons (Fsp3) is 0.250. The fourth-order valence-corrected chi connectivity index (χ4v) is 1.45. The summed E-state index contributed by atoms with van der Waals surface area (Å²) < 4.78 is 5.53. The number of aromatic nitrogens is 3. The van der Waals surface area contributed by atoms with Crippen LogP contribution in [0.15, 0.2) is 18.3 Å². The number of nitrogens with zero attached hydrogens (tertiary/aromatic N) is 3. The molecular formula is C12H12ClN3O. The standard InChI is InChI=1S/C12H12ClN3O/c1-7-4-5-10(6-14-7)17-12-11(13)15-8(2)9(3)16-12/h4-6H,1-3H3. The normalized spacial score (nSPS) is 10.4. The summed E-state index contributed by atoms with van der Waals surface area (Å²) in [5, 5.41) is 0.258. The Morgan fingerprint density at radius 3 is 2.41 bits per heavy atom. The molecule has 0 radical (unpaired) electrons. The van der Waals surface area contributed by atoms with Crippen LogP contribution in [-0.2, 0) is 0 Å². The van der Waals surface area contributed by atoms with Gasteiger partial charge in [-0.25, -0.2) is 9.97 Å². The van der Waals surface area contributed by atoms with Crippen LogP contribution in [0.25, 0.3) is 0 Å². The van der Waals surface area contributed by atoms with Crippen LogP contribution in [0.5, 0.6) is 11.6 Å². The van der Waals surface area contributed by atoms with Gasteiger partial charge in [0.15, 0.2) is 5.15 Å². The zero-order chi connectivity index (χ0) is 12.4. The molecule has 0 aromatic carbocycles. The molecule has 4 nitrogen and oxygen atoms in total. The minimum absolute atomic E-state index is 0.258. The minimum atomic E-state index is 0.258. The Hall–Kier alpha value is -1.68. The molecule has 88 valence electrons. The molecule has 2 aromatic rings. The van der Waals surface area contributed by atoms with Crippen molar-refractivity contribution in [2.24, 2.45) is 0 Å². The van der Waals surface area contributed by atoms with Gasteiger partial charge in [0.25, 0.3) is 5.88 Å². The van der Waals surface area contributed by atoms with Gasteiger partial charge in [0, 0.05) is 5.69 Å². The highest BCUT2D eigenvalue weighted by Crippen LogP contribution is 2.26. The van der Waals surface area contributed by atoms with Gasteiger partial charge in [0.1, 0.15) is 5.75 Å². The number of aryl methyl sites for hydroxylation is 3. The second-order valence-corrected chi connectivity index (χ2v) is 4.09. The lowest BCUT2D eigenvalue weighted by atomic mass is 10.3. The first-order valence-corrected chi connectivity index (χ1v) is 5.55. The van der Waals surface area contributed by atoms with Crippen molar-refractivity contribution in [1.82, 2.24) is 15.0 Å². The predicted molar refractivity (Wildman–Crippen MR) is 65.6 cm³/mol. The van der Waals surface area contributed by atoms with Crippen LogP contribution in [0.1, 0.15) is 17.1 Å². The summed E-state index contributed by atoms with van der Waals surface area (Å²) in [6.45, 7) is 5.62. The molecule has 0 aliphatic rings. The number of ether oxygens (including phenoxy) is 1. The molecule has 5 heteroatoms. The van der Waals surface area contributed by atoms with E-state index in [-0.39, 0.29) is 5.15 Å². The van der Waals surface area contributed by atoms with Crippen LogP contribution in [0.3, 0.4) is 0 Å². The molecule has 0 bridgehead atoms. The van der Waals surface area contributed by atoms with Gasteiger partial charge in [-0.2, -0.15) is 0 Å². The Morgan fingerprint density at radius 2 is 1.76 bits per heavy atom. The lowest BCUT2D eigenvalue weighted by molar-refractivity contribution is 0.456. The summed E-state index contributed by atoms with van der Waals surface area (Å²) >= 11 is 5.96. The van der Waals surface area contributed by atoms with E-state index in [1.54, 1.807) is 6.20 Å². The smallest absolute Gasteiger partial charge is 0.257 e. The van der Waals surface area contributed by atoms with Crippen molar-refractivity contribution in [2.75, 3.05) is 0 Å². The third-order valence-corrected chi connectivity index (χ3v) is 2.58. The Bertz CT molecular complexity index is 540. The summed E-state index contributed by atoms with van der Waals surface area (Å²) in [6, 6.07) is 3.67. The first-order valence-electron chi connectivity index (χ1n) is 5.17. The van der Waals surface area contributed by atoms with E-state index < -0.39 is 0 Å². The quantitative estimate of drug-likeness (QED) is 0.820. The van der Waals surface area contributed by atoms with Crippen molar-refractivity contribution in [3.63, 3.8) is 0 Å². The number of pyridine rings is 1. The van der Waals surface area contributed by atoms with Gasteiger partial charge in [-0.3, -0.25) is 4.98 Å². The van der Waals surface area contributed by atoms with E-state index in [1.165, 1.54) is 0 Å². The van der Waals surface area contributed by atoms with Crippen molar-refractivity contribution in [2.45, 2.75) is 20.8 Å². The summed E-state index contributed by atoms with van der Waals surface area (Å²) in [5.74, 6) is 0.899. The molecule has 0 aliphatic carbocycles. The maximum atomic E-state index is 5.96. The molecule has 0 amide bonds. The van der Waals surface area contributed by atoms with Crippen molar-refractivity contribution in [3.8, 4) is 11.6 Å². The lowest BCUT2D eigenvalue weighted by Gasteiger charge is -2.07. The van der Waals surface area contributed by atoms with Gasteiger partial charge >= 0.3 is 0 Å². The Morgan fingerprint density at radius 1 is 1.06 bits per heavy atom. The monoisotopic (exact) mass is 249 g/mol. The molecule has 0 atom stereocenters. The molecule has 0 saturated carbocycles. The summed E-state index contributed by atoms with van der Waals surface area (Å²) in [6.07, 6.45) is 1.63. The van der Waals surface area contributed by atoms with E-state index in [0.717, 1.165) is 17.1 Å². The van der Waals surface area contributed by atoms with Crippen molar-refractivity contribution >= 4 is 11.6 Å². The van der Waals surface area contributed by atoms with Gasteiger partial charge in [0.05, 0.1) is 17.6 Å². The van der Waals surface area contributed by atoms with E-state index in [9.17, 15) is 0 Å². The van der Waals surface area contributed by atoms with E-state index >= 15 is 0 Å². The van der Waals surface area contributed by atoms with Gasteiger partial charge in [0.2, 0.25) is 0 Å². The van der Waals surface area contributed by atoms with Crippen LogP contribution in [0, 0.1) is 20.8 Å². The molecule has 0 aliphatic heterocycles. The highest BCUT2D eigenvalue weighted by Gasteiger charge is 2.09. The highest BCUT2D eigenvalue weighted by molar-refractivity contribution is 6.30. The molecule has 0 unspecified atom stereocenters. The van der Waals surface area contributed by atoms with E-state index in [4.69, 9.17) is 16.3 Å². The molecule has 0 saturated heterocycles. The van der Waals surface area contributed by atoms with Crippen LogP contribution >= 0.6 is 11.6 Å². The first-order chi connectivity index (χ1) is 8.06. The maximum Gasteiger partial charge on any atom is 0.257 e. The Balaban J connectivity index is 2.30. The minimum Gasteiger partial charge on any atom is -0.435 e. The average molecular weight is 250 g/mol. The molecule has 17 heavy (non-hydrogen) atoms. The van der Waals surface area contributed by atoms with Gasteiger partial charge < -0.3 is 4.74 Å². The summed E-state index contributed by atoms with van der Waals surface area (Å²) in [5.41, 5.74) is 2.52. The van der Waals surface area contributed by atoms with Crippen LogP contribution in [-0.4, -0.2) is 15.0 Å². The van der Waals surface area contributed by atoms with Gasteiger partial charge in [-0.1, -0.05) is 11.6 Å². The topological polar surface area (TPSA) is 47.9 Å². The number of rotatable bonds is 2. The van der Waals surface area contributed by atoms with E-state index in [1.807, 2.05) is 32.9 Å². The van der Waals surface area contributed by atoms with Gasteiger partial charge in [-0.15, -0.1) is 0 Å². The first kappa shape index (κ1) is 11.8. The molecule has 2 heterocycles. The van der Waals surface area contributed by atoms with Crippen LogP contribution < -0.4 is 4.74 Å². The third kappa shape index (κ3) is 2.71. The molecule has 2 aromatic heterocycles. The maximum absolute atomic E-state index is 5.96. The van der Waals surface area contributed by atoms with Crippen molar-refractivity contribution in [3.05, 3.63) is 40.6 Å². The van der Waals surface area contributed by atoms with Crippen LogP contribution in [0.2, 0.25) is 5.15 Å². The van der Waals surface area contributed by atoms with Crippen LogP contribution in [0.4, 0.5) is 0 Å². The summed E-state index contributed by atoms with van der Waals surface area (Å²) in [4.78, 5) is 12.5. The summed E-state index contributed by atoms with van der Waals surface area (Å²) in [7, 11) is 0. The lowest BCUT2D eigenvalue weighted by Crippen LogP contribution is -1.97. The predicted octanol–water partition coefficient (Wildman–Crippen LogP) is 3.24. The Labute approximate surface area is 105 Å². The zero-order valence-corrected chi connectivity index (χ0v) is 10.6. The van der Waals surface area contributed by atoms with E-state index in [2.05, 4.69) is 15.0 Å². The number of halogens is 1. The van der Waals surface area contributed by atoms with Crippen molar-refractivity contribution < 1.29 is 4.74 Å². The van der Waals surface area contributed by atoms with Gasteiger partial charge in [-0.05, 0) is 32.9 Å². The van der Waals surface area contributed by atoms with E-state index in [0.29, 0.717) is 11.6 Å². The Kier molecular flexibility index (Phi) is 3.24. The average Bonchev–Trinajstić information content (AvgIpc) is 2.29. The fourth-order valence-electron chi connectivity index (χ4n) is 1.25. The second kappa shape index (κ2) is 4.67. The molecule has 0 spiro atoms. The second-order valence-electron chi connectivity index (χ2n) is 3.73. The molecule has 0 N–H and O–H groups in total. The zero-order valence-electron chi connectivity index (χ0n) is 9.86. The third-order valence-electron chi connectivity index (χ3n) is 2.33. The number of hydrogen-bond donors (Lipinski definition) is 0. The molecule has 2 rings (SSSR count). The highest BCUT2D eigenvalue weighted by atomic mass is 35.5. The van der Waals surface area contributed by atoms with Crippen molar-refractivity contribution in [1.29, 1.82) is 0 Å². The molecule has 0 fully saturated rings. The SMILES string of the molecule is Cc1ccc(Oc2nc(C)c(C)nc2Cl)cn1. The largest absolute Gasteiger partial charge is 0.435 e.